The van der Waals surface area contributed by atoms with Crippen molar-refractivity contribution in [2.45, 2.75) is 41.1 Å². The minimum Gasteiger partial charge on any atom is -0.350 e. The van der Waals surface area contributed by atoms with E-state index in [1.54, 1.807) is 60.8 Å². The molecule has 0 aliphatic heterocycles. The van der Waals surface area contributed by atoms with Gasteiger partial charge in [-0.3, -0.25) is 9.52 Å². The summed E-state index contributed by atoms with van der Waals surface area (Å²) in [5.41, 5.74) is 0.999. The number of hydrogen-bond donors (Lipinski definition) is 2. The second kappa shape index (κ2) is 9.77. The number of anilines is 1. The topological polar surface area (TPSA) is 88.2 Å². The Labute approximate surface area is 181 Å². The molecule has 0 unspecified atom stereocenters. The van der Waals surface area contributed by atoms with Crippen molar-refractivity contribution in [3.63, 3.8) is 0 Å². The Bertz CT molecular complexity index is 1080. The standard InChI is InChI=1S/C22H23N3O3S2/c1-3-16(2)24-22(26)17-9-14-21(23-15-17)29-19-12-10-18(11-13-19)25-30(27,28)20-7-5-4-6-8-20/h4-16,25H,3H2,1-2H3,(H,24,26)/t16-/m1/s1. The van der Waals surface area contributed by atoms with Crippen molar-refractivity contribution in [3.05, 3.63) is 78.5 Å². The van der Waals surface area contributed by atoms with Crippen molar-refractivity contribution in [1.82, 2.24) is 10.3 Å². The number of benzene rings is 2. The van der Waals surface area contributed by atoms with E-state index >= 15 is 0 Å². The Kier molecular flexibility index (Phi) is 7.12. The molecule has 0 bridgehead atoms. The molecule has 0 saturated carbocycles. The third kappa shape index (κ3) is 5.84. The molecule has 3 rings (SSSR count). The second-order valence-corrected chi connectivity index (χ2v) is 9.49. The van der Waals surface area contributed by atoms with Gasteiger partial charge in [0.2, 0.25) is 0 Å². The van der Waals surface area contributed by atoms with Gasteiger partial charge in [-0.25, -0.2) is 13.4 Å². The monoisotopic (exact) mass is 441 g/mol. The lowest BCUT2D eigenvalue weighted by Gasteiger charge is -2.11. The number of nitrogens with one attached hydrogen (secondary N) is 2. The quantitative estimate of drug-likeness (QED) is 0.535. The molecule has 0 radical (unpaired) electrons. The first kappa shape index (κ1) is 21.9. The first-order valence-electron chi connectivity index (χ1n) is 9.50. The highest BCUT2D eigenvalue weighted by atomic mass is 32.2. The van der Waals surface area contributed by atoms with Crippen molar-refractivity contribution < 1.29 is 13.2 Å². The Morgan fingerprint density at radius 2 is 1.73 bits per heavy atom. The molecule has 1 atom stereocenters. The van der Waals surface area contributed by atoms with Gasteiger partial charge in [0, 0.05) is 22.8 Å². The zero-order valence-electron chi connectivity index (χ0n) is 16.7. The van der Waals surface area contributed by atoms with E-state index in [9.17, 15) is 13.2 Å². The van der Waals surface area contributed by atoms with Gasteiger partial charge >= 0.3 is 0 Å². The number of carbonyl (C=O) groups is 1. The predicted molar refractivity (Wildman–Crippen MR) is 119 cm³/mol. The van der Waals surface area contributed by atoms with Crippen molar-refractivity contribution >= 4 is 33.4 Å². The van der Waals surface area contributed by atoms with Crippen molar-refractivity contribution in [3.8, 4) is 0 Å². The average molecular weight is 442 g/mol. The number of pyridine rings is 1. The average Bonchev–Trinajstić information content (AvgIpc) is 2.76. The van der Waals surface area contributed by atoms with Gasteiger partial charge in [0.05, 0.1) is 10.5 Å². The van der Waals surface area contributed by atoms with E-state index in [2.05, 4.69) is 15.0 Å². The molecule has 2 N–H and O–H groups in total. The number of nitrogens with zero attached hydrogens (tertiary/aromatic N) is 1. The Morgan fingerprint density at radius 1 is 1.03 bits per heavy atom. The largest absolute Gasteiger partial charge is 0.350 e. The summed E-state index contributed by atoms with van der Waals surface area (Å²) in [7, 11) is -3.62. The Balaban J connectivity index is 1.62. The van der Waals surface area contributed by atoms with Crippen LogP contribution in [-0.4, -0.2) is 25.4 Å². The van der Waals surface area contributed by atoms with E-state index in [0.717, 1.165) is 16.3 Å². The number of hydrogen-bond acceptors (Lipinski definition) is 5. The fourth-order valence-corrected chi connectivity index (χ4v) is 4.34. The highest BCUT2D eigenvalue weighted by Gasteiger charge is 2.13. The lowest BCUT2D eigenvalue weighted by Crippen LogP contribution is -2.31. The van der Waals surface area contributed by atoms with Crippen LogP contribution in [0.1, 0.15) is 30.6 Å². The van der Waals surface area contributed by atoms with Crippen molar-refractivity contribution in [2.24, 2.45) is 0 Å². The molecule has 0 aliphatic carbocycles. The van der Waals surface area contributed by atoms with Gasteiger partial charge in [-0.15, -0.1) is 0 Å². The molecular weight excluding hydrogens is 418 g/mol. The maximum absolute atomic E-state index is 12.4. The molecule has 6 nitrogen and oxygen atoms in total. The normalized spacial score (nSPS) is 12.2. The van der Waals surface area contributed by atoms with Crippen LogP contribution in [0.15, 0.2) is 87.7 Å². The molecule has 156 valence electrons. The van der Waals surface area contributed by atoms with Gasteiger partial charge in [0.25, 0.3) is 15.9 Å². The summed E-state index contributed by atoms with van der Waals surface area (Å²) < 4.78 is 27.4. The summed E-state index contributed by atoms with van der Waals surface area (Å²) >= 11 is 1.43. The van der Waals surface area contributed by atoms with E-state index < -0.39 is 10.0 Å². The molecule has 1 amide bonds. The summed E-state index contributed by atoms with van der Waals surface area (Å²) in [6, 6.07) is 18.9. The number of rotatable bonds is 8. The molecular formula is C22H23N3O3S2. The minimum absolute atomic E-state index is 0.115. The summed E-state index contributed by atoms with van der Waals surface area (Å²) in [6.45, 7) is 3.97. The molecule has 0 spiro atoms. The van der Waals surface area contributed by atoms with Crippen LogP contribution < -0.4 is 10.0 Å². The number of carbonyl (C=O) groups excluding carboxylic acids is 1. The molecule has 0 saturated heterocycles. The van der Waals surface area contributed by atoms with Gasteiger partial charge < -0.3 is 5.32 Å². The van der Waals surface area contributed by atoms with E-state index in [0.29, 0.717) is 11.3 Å². The van der Waals surface area contributed by atoms with Gasteiger partial charge in [0.15, 0.2) is 0 Å². The van der Waals surface area contributed by atoms with Gasteiger partial charge in [0.1, 0.15) is 5.03 Å². The maximum atomic E-state index is 12.4. The van der Waals surface area contributed by atoms with Gasteiger partial charge in [-0.2, -0.15) is 0 Å². The molecule has 0 fully saturated rings. The van der Waals surface area contributed by atoms with Crippen LogP contribution >= 0.6 is 11.8 Å². The highest BCUT2D eigenvalue weighted by molar-refractivity contribution is 7.99. The summed E-state index contributed by atoms with van der Waals surface area (Å²) in [5.74, 6) is -0.136. The highest BCUT2D eigenvalue weighted by Crippen LogP contribution is 2.27. The lowest BCUT2D eigenvalue weighted by atomic mass is 10.2. The van der Waals surface area contributed by atoms with Crippen LogP contribution in [0.2, 0.25) is 0 Å². The molecule has 1 aromatic heterocycles. The van der Waals surface area contributed by atoms with E-state index in [-0.39, 0.29) is 16.8 Å². The molecule has 1 heterocycles. The van der Waals surface area contributed by atoms with E-state index in [1.165, 1.54) is 11.8 Å². The first-order chi connectivity index (χ1) is 14.4. The molecule has 3 aromatic rings. The van der Waals surface area contributed by atoms with Crippen LogP contribution in [0.5, 0.6) is 0 Å². The Morgan fingerprint density at radius 3 is 2.33 bits per heavy atom. The molecule has 2 aromatic carbocycles. The fraction of sp³-hybridized carbons (Fsp3) is 0.182. The number of sulfonamides is 1. The smallest absolute Gasteiger partial charge is 0.261 e. The van der Waals surface area contributed by atoms with Gasteiger partial charge in [-0.1, -0.05) is 36.9 Å². The predicted octanol–water partition coefficient (Wildman–Crippen LogP) is 4.56. The first-order valence-corrected chi connectivity index (χ1v) is 11.8. The van der Waals surface area contributed by atoms with Crippen LogP contribution in [0.25, 0.3) is 0 Å². The van der Waals surface area contributed by atoms with Crippen LogP contribution in [0, 0.1) is 0 Å². The zero-order valence-corrected chi connectivity index (χ0v) is 18.3. The van der Waals surface area contributed by atoms with Crippen LogP contribution in [0.4, 0.5) is 5.69 Å². The number of amides is 1. The fourth-order valence-electron chi connectivity index (χ4n) is 2.51. The zero-order chi connectivity index (χ0) is 21.6. The summed E-state index contributed by atoms with van der Waals surface area (Å²) in [5, 5.41) is 3.65. The Hall–Kier alpha value is -2.84. The molecule has 8 heteroatoms. The number of aromatic nitrogens is 1. The molecule has 0 aliphatic rings. The van der Waals surface area contributed by atoms with Gasteiger partial charge in [-0.05, 0) is 61.9 Å². The SMILES string of the molecule is CC[C@@H](C)NC(=O)c1ccc(Sc2ccc(NS(=O)(=O)c3ccccc3)cc2)nc1. The second-order valence-electron chi connectivity index (χ2n) is 6.71. The van der Waals surface area contributed by atoms with Crippen LogP contribution in [-0.2, 0) is 10.0 Å². The maximum Gasteiger partial charge on any atom is 0.261 e. The van der Waals surface area contributed by atoms with Crippen molar-refractivity contribution in [1.29, 1.82) is 0 Å². The molecule has 30 heavy (non-hydrogen) atoms. The third-order valence-corrected chi connectivity index (χ3v) is 6.73. The lowest BCUT2D eigenvalue weighted by molar-refractivity contribution is 0.0939. The van der Waals surface area contributed by atoms with E-state index in [4.69, 9.17) is 0 Å². The summed E-state index contributed by atoms with van der Waals surface area (Å²) in [6.07, 6.45) is 2.42. The summed E-state index contributed by atoms with van der Waals surface area (Å²) in [4.78, 5) is 17.6. The van der Waals surface area contributed by atoms with E-state index in [1.807, 2.05) is 26.0 Å². The van der Waals surface area contributed by atoms with Crippen LogP contribution in [0.3, 0.4) is 0 Å². The van der Waals surface area contributed by atoms with Crippen molar-refractivity contribution in [2.75, 3.05) is 4.72 Å². The third-order valence-electron chi connectivity index (χ3n) is 4.37. The minimum atomic E-state index is -3.62.